The summed E-state index contributed by atoms with van der Waals surface area (Å²) in [7, 11) is 0. The predicted molar refractivity (Wildman–Crippen MR) is 38.8 cm³/mol. The first-order valence-corrected chi connectivity index (χ1v) is 3.72. The van der Waals surface area contributed by atoms with E-state index < -0.39 is 0 Å². The van der Waals surface area contributed by atoms with Crippen LogP contribution < -0.4 is 0 Å². The molecular weight excluding hydrogens is 132 g/mol. The first-order valence-electron chi connectivity index (χ1n) is 2.78. The molecule has 2 aromatic rings. The number of fused-ring (bicyclic) bond motifs is 1. The molecule has 0 spiro atoms. The van der Waals surface area contributed by atoms with Gasteiger partial charge in [0.25, 0.3) is 0 Å². The van der Waals surface area contributed by atoms with Gasteiger partial charge in [-0.1, -0.05) is 0 Å². The fraction of sp³-hybridized carbons (Fsp3) is 0.143. The van der Waals surface area contributed by atoms with Crippen molar-refractivity contribution in [2.75, 3.05) is 0 Å². The summed E-state index contributed by atoms with van der Waals surface area (Å²) >= 11 is 1.68. The minimum Gasteiger partial charge on any atom is -0.463 e. The molecule has 0 saturated heterocycles. The maximum atomic E-state index is 5.20. The number of hydrogen-bond donors (Lipinski definition) is 0. The van der Waals surface area contributed by atoms with Gasteiger partial charge in [-0.2, -0.15) is 0 Å². The number of furan rings is 1. The van der Waals surface area contributed by atoms with Crippen LogP contribution in [0.2, 0.25) is 0 Å². The van der Waals surface area contributed by atoms with Gasteiger partial charge in [-0.25, -0.2) is 0 Å². The lowest BCUT2D eigenvalue weighted by molar-refractivity contribution is 0.614. The number of hydrogen-bond acceptors (Lipinski definition) is 2. The smallest absolute Gasteiger partial charge is 0.144 e. The van der Waals surface area contributed by atoms with Crippen molar-refractivity contribution in [3.05, 3.63) is 22.6 Å². The molecule has 0 aliphatic heterocycles. The Balaban J connectivity index is 2.99. The van der Waals surface area contributed by atoms with Crippen LogP contribution in [0.15, 0.2) is 21.4 Å². The van der Waals surface area contributed by atoms with Crippen LogP contribution in [-0.2, 0) is 0 Å². The molecule has 1 nitrogen and oxygen atoms in total. The molecule has 2 heterocycles. The SMILES string of the molecule is Cc1coc2cscc12. The van der Waals surface area contributed by atoms with Crippen LogP contribution in [0.25, 0.3) is 11.0 Å². The van der Waals surface area contributed by atoms with Gasteiger partial charge in [-0.15, -0.1) is 11.3 Å². The lowest BCUT2D eigenvalue weighted by Crippen LogP contribution is -1.55. The van der Waals surface area contributed by atoms with E-state index in [9.17, 15) is 0 Å². The van der Waals surface area contributed by atoms with E-state index in [2.05, 4.69) is 12.3 Å². The van der Waals surface area contributed by atoms with Gasteiger partial charge in [0.1, 0.15) is 5.58 Å². The van der Waals surface area contributed by atoms with E-state index >= 15 is 0 Å². The fourth-order valence-corrected chi connectivity index (χ4v) is 1.69. The molecule has 46 valence electrons. The summed E-state index contributed by atoms with van der Waals surface area (Å²) in [4.78, 5) is 0. The molecule has 2 rings (SSSR count). The molecule has 0 aromatic carbocycles. The molecule has 0 atom stereocenters. The molecule has 0 unspecified atom stereocenters. The topological polar surface area (TPSA) is 13.1 Å². The zero-order valence-electron chi connectivity index (χ0n) is 5.05. The van der Waals surface area contributed by atoms with Crippen molar-refractivity contribution < 1.29 is 4.42 Å². The van der Waals surface area contributed by atoms with Crippen LogP contribution in [0.4, 0.5) is 0 Å². The van der Waals surface area contributed by atoms with Gasteiger partial charge in [0.15, 0.2) is 0 Å². The summed E-state index contributed by atoms with van der Waals surface area (Å²) in [6.07, 6.45) is 1.79. The quantitative estimate of drug-likeness (QED) is 0.545. The minimum absolute atomic E-state index is 1.01. The van der Waals surface area contributed by atoms with Crippen LogP contribution >= 0.6 is 11.3 Å². The third kappa shape index (κ3) is 0.598. The Morgan fingerprint density at radius 2 is 2.33 bits per heavy atom. The van der Waals surface area contributed by atoms with Gasteiger partial charge >= 0.3 is 0 Å². The third-order valence-corrected chi connectivity index (χ3v) is 2.14. The van der Waals surface area contributed by atoms with Gasteiger partial charge in [-0.3, -0.25) is 0 Å². The van der Waals surface area contributed by atoms with Gasteiger partial charge in [-0.05, 0) is 12.5 Å². The van der Waals surface area contributed by atoms with Crippen LogP contribution in [0.5, 0.6) is 0 Å². The van der Waals surface area contributed by atoms with E-state index in [1.54, 1.807) is 17.6 Å². The van der Waals surface area contributed by atoms with Gasteiger partial charge in [0.05, 0.1) is 6.26 Å². The van der Waals surface area contributed by atoms with Gasteiger partial charge < -0.3 is 4.42 Å². The second-order valence-electron chi connectivity index (χ2n) is 2.07. The maximum Gasteiger partial charge on any atom is 0.144 e. The van der Waals surface area contributed by atoms with E-state index in [-0.39, 0.29) is 0 Å². The summed E-state index contributed by atoms with van der Waals surface area (Å²) in [5, 5.41) is 5.37. The monoisotopic (exact) mass is 138 g/mol. The highest BCUT2D eigenvalue weighted by atomic mass is 32.1. The van der Waals surface area contributed by atoms with Crippen molar-refractivity contribution >= 4 is 22.3 Å². The summed E-state index contributed by atoms with van der Waals surface area (Å²) in [6, 6.07) is 0. The van der Waals surface area contributed by atoms with Crippen LogP contribution in [0.1, 0.15) is 5.56 Å². The van der Waals surface area contributed by atoms with Crippen molar-refractivity contribution in [3.63, 3.8) is 0 Å². The Labute approximate surface area is 56.9 Å². The normalized spacial score (nSPS) is 10.8. The average Bonchev–Trinajstić information content (AvgIpc) is 2.35. The highest BCUT2D eigenvalue weighted by Gasteiger charge is 1.99. The molecule has 2 aromatic heterocycles. The molecule has 0 bridgehead atoms. The van der Waals surface area contributed by atoms with Crippen molar-refractivity contribution in [2.24, 2.45) is 0 Å². The molecule has 0 aliphatic carbocycles. The van der Waals surface area contributed by atoms with E-state index in [1.807, 2.05) is 5.38 Å². The van der Waals surface area contributed by atoms with Crippen molar-refractivity contribution in [1.29, 1.82) is 0 Å². The van der Waals surface area contributed by atoms with E-state index in [0.717, 1.165) is 5.58 Å². The Bertz CT molecular complexity index is 318. The Morgan fingerprint density at radius 1 is 1.44 bits per heavy atom. The van der Waals surface area contributed by atoms with Crippen LogP contribution in [0, 0.1) is 6.92 Å². The zero-order valence-corrected chi connectivity index (χ0v) is 5.87. The van der Waals surface area contributed by atoms with Gasteiger partial charge in [0, 0.05) is 16.1 Å². The molecule has 0 aliphatic rings. The maximum absolute atomic E-state index is 5.20. The molecule has 0 amide bonds. The third-order valence-electron chi connectivity index (χ3n) is 1.41. The molecule has 0 fully saturated rings. The number of aryl methyl sites for hydroxylation is 1. The fourth-order valence-electron chi connectivity index (χ4n) is 0.879. The second kappa shape index (κ2) is 1.61. The summed E-state index contributed by atoms with van der Waals surface area (Å²) in [6.45, 7) is 2.05. The summed E-state index contributed by atoms with van der Waals surface area (Å²) in [5.41, 5.74) is 2.24. The number of thiophene rings is 1. The molecule has 0 radical (unpaired) electrons. The highest BCUT2D eigenvalue weighted by Crippen LogP contribution is 2.23. The average molecular weight is 138 g/mol. The largest absolute Gasteiger partial charge is 0.463 e. The lowest BCUT2D eigenvalue weighted by atomic mass is 10.3. The zero-order chi connectivity index (χ0) is 6.27. The van der Waals surface area contributed by atoms with Gasteiger partial charge in [0.2, 0.25) is 0 Å². The molecular formula is C7H6OS. The second-order valence-corrected chi connectivity index (χ2v) is 2.81. The predicted octanol–water partition coefficient (Wildman–Crippen LogP) is 2.80. The lowest BCUT2D eigenvalue weighted by Gasteiger charge is -1.72. The summed E-state index contributed by atoms with van der Waals surface area (Å²) < 4.78 is 5.20. The Morgan fingerprint density at radius 3 is 3.11 bits per heavy atom. The van der Waals surface area contributed by atoms with E-state index in [0.29, 0.717) is 0 Å². The molecule has 2 heteroatoms. The van der Waals surface area contributed by atoms with Crippen molar-refractivity contribution in [2.45, 2.75) is 6.92 Å². The van der Waals surface area contributed by atoms with E-state index in [4.69, 9.17) is 4.42 Å². The first-order chi connectivity index (χ1) is 4.38. The highest BCUT2D eigenvalue weighted by molar-refractivity contribution is 7.09. The first kappa shape index (κ1) is 5.06. The molecule has 0 N–H and O–H groups in total. The van der Waals surface area contributed by atoms with E-state index in [1.165, 1.54) is 10.9 Å². The van der Waals surface area contributed by atoms with Crippen molar-refractivity contribution in [1.82, 2.24) is 0 Å². The Hall–Kier alpha value is -0.760. The summed E-state index contributed by atoms with van der Waals surface area (Å²) in [5.74, 6) is 0. The van der Waals surface area contributed by atoms with Crippen LogP contribution in [0.3, 0.4) is 0 Å². The number of rotatable bonds is 0. The van der Waals surface area contributed by atoms with Crippen molar-refractivity contribution in [3.8, 4) is 0 Å². The molecule has 9 heavy (non-hydrogen) atoms. The molecule has 0 saturated carbocycles. The Kier molecular flexibility index (Phi) is 0.904. The minimum atomic E-state index is 1.01. The standard InChI is InChI=1S/C7H6OS/c1-5-2-8-7-4-9-3-6(5)7/h2-4H,1H3. The van der Waals surface area contributed by atoms with Crippen LogP contribution in [-0.4, -0.2) is 0 Å².